The van der Waals surface area contributed by atoms with Gasteiger partial charge in [-0.2, -0.15) is 0 Å². The molecule has 0 bridgehead atoms. The molecule has 0 aliphatic heterocycles. The molecule has 0 fully saturated rings. The van der Waals surface area contributed by atoms with Crippen molar-refractivity contribution in [2.75, 3.05) is 0 Å². The van der Waals surface area contributed by atoms with Crippen LogP contribution in [0.5, 0.6) is 5.75 Å². The van der Waals surface area contributed by atoms with Crippen LogP contribution in [0.15, 0.2) is 118 Å². The molecule has 0 aliphatic rings. The lowest BCUT2D eigenvalue weighted by Crippen LogP contribution is -2.08. The zero-order valence-electron chi connectivity index (χ0n) is 15.5. The Kier molecular flexibility index (Phi) is 5.36. The second-order valence-electron chi connectivity index (χ2n) is 6.43. The molecule has 0 aliphatic carbocycles. The Bertz CT molecular complexity index is 1100. The monoisotopic (exact) mass is 399 g/mol. The van der Waals surface area contributed by atoms with Crippen LogP contribution < -0.4 is 0 Å². The Balaban J connectivity index is 1.99. The highest BCUT2D eigenvalue weighted by Gasteiger charge is 2.32. The van der Waals surface area contributed by atoms with Crippen LogP contribution in [0.1, 0.15) is 10.4 Å². The zero-order valence-corrected chi connectivity index (χ0v) is 16.3. The van der Waals surface area contributed by atoms with E-state index in [1.165, 1.54) is 6.07 Å². The lowest BCUT2D eigenvalue weighted by molar-refractivity contribution is 0.0694. The Morgan fingerprint density at radius 2 is 1.14 bits per heavy atom. The molecule has 4 aromatic rings. The lowest BCUT2D eigenvalue weighted by Gasteiger charge is -2.14. The first-order valence-corrected chi connectivity index (χ1v) is 10.4. The predicted molar refractivity (Wildman–Crippen MR) is 116 cm³/mol. The van der Waals surface area contributed by atoms with Gasteiger partial charge >= 0.3 is 5.97 Å². The first kappa shape index (κ1) is 18.8. The summed E-state index contributed by atoms with van der Waals surface area (Å²) in [5.74, 6) is -1.38. The second kappa shape index (κ2) is 8.25. The van der Waals surface area contributed by atoms with Crippen molar-refractivity contribution in [3.63, 3.8) is 0 Å². The van der Waals surface area contributed by atoms with Gasteiger partial charge in [0, 0.05) is 11.1 Å². The minimum atomic E-state index is -1.15. The molecule has 29 heavy (non-hydrogen) atoms. The molecule has 0 amide bonds. The fourth-order valence-corrected chi connectivity index (χ4v) is 5.61. The third kappa shape index (κ3) is 3.75. The van der Waals surface area contributed by atoms with E-state index in [-0.39, 0.29) is 11.3 Å². The largest absolute Gasteiger partial charge is 0.507 e. The normalized spacial score (nSPS) is 10.8. The van der Waals surface area contributed by atoms with Crippen molar-refractivity contribution in [1.82, 2.24) is 0 Å². The van der Waals surface area contributed by atoms with Gasteiger partial charge in [0.25, 0.3) is 0 Å². The molecule has 0 heterocycles. The van der Waals surface area contributed by atoms with Crippen molar-refractivity contribution >= 4 is 16.9 Å². The van der Waals surface area contributed by atoms with E-state index >= 15 is 0 Å². The summed E-state index contributed by atoms with van der Waals surface area (Å²) in [6, 6.07) is 33.0. The van der Waals surface area contributed by atoms with Gasteiger partial charge in [-0.15, -0.1) is 0 Å². The molecule has 4 rings (SSSR count). The molecule has 0 atom stereocenters. The van der Waals surface area contributed by atoms with Crippen molar-refractivity contribution in [3.05, 3.63) is 109 Å². The number of hydrogen-bond donors (Lipinski definition) is 2. The van der Waals surface area contributed by atoms with E-state index in [4.69, 9.17) is 0 Å². The van der Waals surface area contributed by atoms with Crippen LogP contribution >= 0.6 is 0 Å². The van der Waals surface area contributed by atoms with Crippen molar-refractivity contribution in [1.29, 1.82) is 0 Å². The number of phenols is 1. The average molecular weight is 399 g/mol. The van der Waals surface area contributed by atoms with E-state index in [0.717, 1.165) is 20.2 Å². The number of aromatic hydroxyl groups is 1. The molecule has 4 heteroatoms. The summed E-state index contributed by atoms with van der Waals surface area (Å²) >= 11 is 0. The van der Waals surface area contributed by atoms with Gasteiger partial charge < -0.3 is 10.2 Å². The highest BCUT2D eigenvalue weighted by molar-refractivity contribution is 7.97. The summed E-state index contributed by atoms with van der Waals surface area (Å²) in [5, 5.41) is 19.9. The quantitative estimate of drug-likeness (QED) is 0.414. The summed E-state index contributed by atoms with van der Waals surface area (Å²) in [7, 11) is -0.429. The van der Waals surface area contributed by atoms with Gasteiger partial charge in [0.2, 0.25) is 0 Å². The SMILES string of the molecule is O=C(O)c1c(O)cccc1-c1ccccc1[S+](c1ccccc1)c1ccccc1. The van der Waals surface area contributed by atoms with Gasteiger partial charge in [0.15, 0.2) is 14.7 Å². The van der Waals surface area contributed by atoms with E-state index in [2.05, 4.69) is 24.3 Å². The molecule has 0 saturated carbocycles. The molecule has 0 saturated heterocycles. The van der Waals surface area contributed by atoms with Crippen molar-refractivity contribution < 1.29 is 15.0 Å². The van der Waals surface area contributed by atoms with Crippen molar-refractivity contribution in [2.24, 2.45) is 0 Å². The van der Waals surface area contributed by atoms with E-state index in [1.54, 1.807) is 12.1 Å². The van der Waals surface area contributed by atoms with E-state index in [9.17, 15) is 15.0 Å². The van der Waals surface area contributed by atoms with Crippen LogP contribution in [0.2, 0.25) is 0 Å². The predicted octanol–water partition coefficient (Wildman–Crippen LogP) is 5.85. The average Bonchev–Trinajstić information content (AvgIpc) is 2.75. The van der Waals surface area contributed by atoms with Crippen LogP contribution in [0.25, 0.3) is 11.1 Å². The minimum Gasteiger partial charge on any atom is -0.507 e. The molecule has 0 unspecified atom stereocenters. The second-order valence-corrected chi connectivity index (χ2v) is 8.43. The molecule has 0 spiro atoms. The standard InChI is InChI=1S/C25H18O3S/c26-22-16-9-15-21(24(22)25(27)28)20-14-7-8-17-23(20)29(18-10-3-1-4-11-18)19-12-5-2-6-13-19/h1-17H,(H-,26,27,28)/p+1. The zero-order chi connectivity index (χ0) is 20.2. The molecule has 142 valence electrons. The van der Waals surface area contributed by atoms with Crippen LogP contribution in [0, 0.1) is 0 Å². The number of carbonyl (C=O) groups is 1. The van der Waals surface area contributed by atoms with Crippen LogP contribution in [0.4, 0.5) is 0 Å². The van der Waals surface area contributed by atoms with Gasteiger partial charge in [-0.1, -0.05) is 60.7 Å². The molecule has 0 radical (unpaired) electrons. The highest BCUT2D eigenvalue weighted by Crippen LogP contribution is 2.39. The number of rotatable bonds is 5. The topological polar surface area (TPSA) is 57.5 Å². The third-order valence-corrected chi connectivity index (χ3v) is 6.89. The maximum atomic E-state index is 11.9. The van der Waals surface area contributed by atoms with Crippen LogP contribution in [0.3, 0.4) is 0 Å². The Labute approximate surface area is 172 Å². The summed E-state index contributed by atoms with van der Waals surface area (Å²) in [6.45, 7) is 0. The van der Waals surface area contributed by atoms with Crippen molar-refractivity contribution in [3.8, 4) is 16.9 Å². The van der Waals surface area contributed by atoms with Gasteiger partial charge in [0.1, 0.15) is 11.3 Å². The number of carboxylic acids is 1. The molecule has 4 aromatic carbocycles. The van der Waals surface area contributed by atoms with Gasteiger partial charge in [0.05, 0.1) is 10.9 Å². The highest BCUT2D eigenvalue weighted by atomic mass is 32.2. The summed E-state index contributed by atoms with van der Waals surface area (Å²) < 4.78 is 0. The van der Waals surface area contributed by atoms with E-state index in [1.807, 2.05) is 60.7 Å². The van der Waals surface area contributed by atoms with Crippen LogP contribution in [-0.4, -0.2) is 16.2 Å². The minimum absolute atomic E-state index is 0.0791. The first-order chi connectivity index (χ1) is 14.2. The summed E-state index contributed by atoms with van der Waals surface area (Å²) in [4.78, 5) is 15.2. The Morgan fingerprint density at radius 3 is 1.72 bits per heavy atom. The first-order valence-electron chi connectivity index (χ1n) is 9.16. The van der Waals surface area contributed by atoms with E-state index in [0.29, 0.717) is 5.56 Å². The van der Waals surface area contributed by atoms with Crippen molar-refractivity contribution in [2.45, 2.75) is 14.7 Å². The fourth-order valence-electron chi connectivity index (χ4n) is 3.36. The smallest absolute Gasteiger partial charge is 0.340 e. The summed E-state index contributed by atoms with van der Waals surface area (Å²) in [5.41, 5.74) is 1.24. The maximum absolute atomic E-state index is 11.9. The maximum Gasteiger partial charge on any atom is 0.340 e. The van der Waals surface area contributed by atoms with Gasteiger partial charge in [-0.3, -0.25) is 0 Å². The number of benzene rings is 4. The molecule has 2 N–H and O–H groups in total. The van der Waals surface area contributed by atoms with E-state index < -0.39 is 16.9 Å². The van der Waals surface area contributed by atoms with Crippen LogP contribution in [-0.2, 0) is 10.9 Å². The molecular formula is C25H19O3S+. The number of carboxylic acid groups (broad SMARTS) is 1. The lowest BCUT2D eigenvalue weighted by atomic mass is 9.99. The van der Waals surface area contributed by atoms with Gasteiger partial charge in [-0.25, -0.2) is 4.79 Å². The number of hydrogen-bond acceptors (Lipinski definition) is 2. The van der Waals surface area contributed by atoms with Gasteiger partial charge in [-0.05, 0) is 42.5 Å². The molecule has 3 nitrogen and oxygen atoms in total. The fraction of sp³-hybridized carbons (Fsp3) is 0. The summed E-state index contributed by atoms with van der Waals surface area (Å²) in [6.07, 6.45) is 0. The molecule has 0 aromatic heterocycles. The molecular weight excluding hydrogens is 380 g/mol. The Hall–Kier alpha value is -3.50. The third-order valence-electron chi connectivity index (χ3n) is 4.61. The number of aromatic carboxylic acids is 1. The Morgan fingerprint density at radius 1 is 0.621 bits per heavy atom.